The van der Waals surface area contributed by atoms with Crippen molar-refractivity contribution in [1.82, 2.24) is 5.32 Å². The van der Waals surface area contributed by atoms with Gasteiger partial charge in [0.1, 0.15) is 11.9 Å². The standard InChI is InChI=1S/C31H43F2NO4S.C2H6/c1-8-24(30(32)33)11-9-10-22(6)23(7)19-25(18-21(4)5)38-26(13-12-20(2)3)27-14-15-28(39-27)31(37)34-17-16-29(35)36;1-2/h8-10,14-15,18-20,22,24,26,30H,1,4,11-13,16-17H2,2-3,5-7H3,(H,34,37)(H,35,36);1-2H3/b10-9+,23-19-,25-18+;. The molecular formula is C33H49F2NO4S. The number of nitrogens with one attached hydrogen (secondary N) is 1. The number of alkyl halides is 2. The minimum atomic E-state index is -2.44. The van der Waals surface area contributed by atoms with Crippen LogP contribution < -0.4 is 5.32 Å². The van der Waals surface area contributed by atoms with Crippen LogP contribution in [0, 0.1) is 17.8 Å². The summed E-state index contributed by atoms with van der Waals surface area (Å²) in [5.74, 6) is -1.05. The molecule has 0 fully saturated rings. The van der Waals surface area contributed by atoms with Crippen LogP contribution in [0.3, 0.4) is 0 Å². The van der Waals surface area contributed by atoms with Gasteiger partial charge in [-0.2, -0.15) is 0 Å². The molecule has 2 N–H and O–H groups in total. The summed E-state index contributed by atoms with van der Waals surface area (Å²) in [6.45, 7) is 21.7. The number of thiophene rings is 1. The Kier molecular flexibility index (Phi) is 19.3. The van der Waals surface area contributed by atoms with E-state index in [9.17, 15) is 18.4 Å². The summed E-state index contributed by atoms with van der Waals surface area (Å²) in [6, 6.07) is 3.61. The zero-order valence-electron chi connectivity index (χ0n) is 25.7. The average Bonchev–Trinajstić information content (AvgIpc) is 3.39. The van der Waals surface area contributed by atoms with Crippen molar-refractivity contribution < 1.29 is 28.2 Å². The number of amides is 1. The SMILES string of the molecule is C=CC(C/C=C/C(C)/C(C)=C\C(=C/C(=C)C)OC(CCC(C)C)c1ccc(C(=O)NCCC(=O)O)s1)C(F)F.CC. The van der Waals surface area contributed by atoms with Crippen molar-refractivity contribution in [3.05, 3.63) is 82.3 Å². The van der Waals surface area contributed by atoms with Gasteiger partial charge in [0.25, 0.3) is 5.91 Å². The highest BCUT2D eigenvalue weighted by molar-refractivity contribution is 7.14. The van der Waals surface area contributed by atoms with Crippen molar-refractivity contribution >= 4 is 23.2 Å². The van der Waals surface area contributed by atoms with Crippen molar-refractivity contribution in [2.45, 2.75) is 86.7 Å². The Balaban J connectivity index is 0.00000781. The number of allylic oxidation sites excluding steroid dienone is 7. The first-order chi connectivity index (χ1) is 19.3. The largest absolute Gasteiger partial charge is 0.485 e. The molecule has 1 rings (SSSR count). The fourth-order valence-corrected chi connectivity index (χ4v) is 4.52. The van der Waals surface area contributed by atoms with Crippen LogP contribution in [-0.4, -0.2) is 30.0 Å². The van der Waals surface area contributed by atoms with Crippen LogP contribution in [0.1, 0.15) is 94.8 Å². The molecule has 1 amide bonds. The van der Waals surface area contributed by atoms with Gasteiger partial charge in [0.15, 0.2) is 0 Å². The molecule has 0 aromatic carbocycles. The molecule has 3 unspecified atom stereocenters. The first-order valence-corrected chi connectivity index (χ1v) is 15.0. The summed E-state index contributed by atoms with van der Waals surface area (Å²) in [6.07, 6.45) is 7.79. The smallest absolute Gasteiger partial charge is 0.305 e. The number of carbonyl (C=O) groups excluding carboxylic acids is 1. The summed E-state index contributed by atoms with van der Waals surface area (Å²) < 4.78 is 32.5. The monoisotopic (exact) mass is 593 g/mol. The number of carboxylic acid groups (broad SMARTS) is 1. The lowest BCUT2D eigenvalue weighted by atomic mass is 9.98. The summed E-state index contributed by atoms with van der Waals surface area (Å²) in [5, 5.41) is 11.4. The second kappa shape index (κ2) is 20.8. The molecule has 8 heteroatoms. The molecule has 1 aromatic heterocycles. The number of rotatable bonds is 18. The number of aliphatic carboxylic acids is 1. The number of ether oxygens (including phenoxy) is 1. The number of halogens is 2. The predicted molar refractivity (Wildman–Crippen MR) is 167 cm³/mol. The van der Waals surface area contributed by atoms with E-state index in [-0.39, 0.29) is 37.3 Å². The molecule has 0 saturated heterocycles. The summed E-state index contributed by atoms with van der Waals surface area (Å²) in [4.78, 5) is 24.6. The molecule has 230 valence electrons. The van der Waals surface area contributed by atoms with Gasteiger partial charge < -0.3 is 15.2 Å². The quantitative estimate of drug-likeness (QED) is 0.101. The minimum absolute atomic E-state index is 0.00205. The maximum Gasteiger partial charge on any atom is 0.305 e. The number of carboxylic acids is 1. The Bertz CT molecular complexity index is 1060. The summed E-state index contributed by atoms with van der Waals surface area (Å²) in [7, 11) is 0. The lowest BCUT2D eigenvalue weighted by Crippen LogP contribution is -2.25. The van der Waals surface area contributed by atoms with Crippen molar-refractivity contribution in [3.8, 4) is 0 Å². The van der Waals surface area contributed by atoms with Gasteiger partial charge in [-0.15, -0.1) is 17.9 Å². The highest BCUT2D eigenvalue weighted by Gasteiger charge is 2.20. The Morgan fingerprint density at radius 2 is 1.78 bits per heavy atom. The van der Waals surface area contributed by atoms with Gasteiger partial charge in [-0.1, -0.05) is 70.6 Å². The maximum atomic E-state index is 13.0. The molecule has 1 heterocycles. The molecule has 1 aromatic rings. The van der Waals surface area contributed by atoms with E-state index in [0.717, 1.165) is 28.9 Å². The first kappa shape index (κ1) is 38.0. The van der Waals surface area contributed by atoms with E-state index in [1.165, 1.54) is 17.4 Å². The van der Waals surface area contributed by atoms with E-state index in [4.69, 9.17) is 9.84 Å². The Morgan fingerprint density at radius 3 is 2.32 bits per heavy atom. The minimum Gasteiger partial charge on any atom is -0.485 e. The van der Waals surface area contributed by atoms with Crippen LogP contribution in [0.15, 0.2) is 72.6 Å². The topological polar surface area (TPSA) is 75.6 Å². The van der Waals surface area contributed by atoms with Gasteiger partial charge in [-0.25, -0.2) is 8.78 Å². The number of hydrogen-bond acceptors (Lipinski definition) is 4. The van der Waals surface area contributed by atoms with Crippen LogP contribution >= 0.6 is 11.3 Å². The maximum absolute atomic E-state index is 13.0. The van der Waals surface area contributed by atoms with Crippen LogP contribution in [0.2, 0.25) is 0 Å². The van der Waals surface area contributed by atoms with E-state index >= 15 is 0 Å². The first-order valence-electron chi connectivity index (χ1n) is 14.2. The van der Waals surface area contributed by atoms with Crippen LogP contribution in [0.25, 0.3) is 0 Å². The predicted octanol–water partition coefficient (Wildman–Crippen LogP) is 9.53. The molecule has 0 saturated carbocycles. The normalized spacial score (nSPS) is 14.3. The van der Waals surface area contributed by atoms with E-state index in [1.807, 2.05) is 58.9 Å². The molecule has 0 spiro atoms. The van der Waals surface area contributed by atoms with Crippen LogP contribution in [-0.2, 0) is 9.53 Å². The Morgan fingerprint density at radius 1 is 1.12 bits per heavy atom. The molecular weight excluding hydrogens is 544 g/mol. The lowest BCUT2D eigenvalue weighted by Gasteiger charge is -2.21. The summed E-state index contributed by atoms with van der Waals surface area (Å²) >= 11 is 1.33. The van der Waals surface area contributed by atoms with E-state index in [2.05, 4.69) is 32.3 Å². The van der Waals surface area contributed by atoms with Crippen molar-refractivity contribution in [2.24, 2.45) is 17.8 Å². The molecule has 0 bridgehead atoms. The van der Waals surface area contributed by atoms with Crippen LogP contribution in [0.4, 0.5) is 8.78 Å². The highest BCUT2D eigenvalue weighted by atomic mass is 32.1. The summed E-state index contributed by atoms with van der Waals surface area (Å²) in [5.41, 5.74) is 1.81. The molecule has 5 nitrogen and oxygen atoms in total. The van der Waals surface area contributed by atoms with Crippen molar-refractivity contribution in [1.29, 1.82) is 0 Å². The van der Waals surface area contributed by atoms with Gasteiger partial charge >= 0.3 is 5.97 Å². The van der Waals surface area contributed by atoms with E-state index < -0.39 is 18.3 Å². The fraction of sp³-hybridized carbons (Fsp3) is 0.515. The Labute approximate surface area is 249 Å². The van der Waals surface area contributed by atoms with Gasteiger partial charge in [0.05, 0.1) is 11.3 Å². The second-order valence-electron chi connectivity index (χ2n) is 10.1. The molecule has 0 aliphatic heterocycles. The molecule has 0 aliphatic carbocycles. The molecule has 0 aliphatic rings. The fourth-order valence-electron chi connectivity index (χ4n) is 3.53. The third kappa shape index (κ3) is 16.1. The van der Waals surface area contributed by atoms with Gasteiger partial charge in [0, 0.05) is 17.3 Å². The number of hydrogen-bond donors (Lipinski definition) is 2. The highest BCUT2D eigenvalue weighted by Crippen LogP contribution is 2.33. The van der Waals surface area contributed by atoms with Gasteiger partial charge in [-0.05, 0) is 69.2 Å². The van der Waals surface area contributed by atoms with Crippen molar-refractivity contribution in [3.63, 3.8) is 0 Å². The zero-order valence-corrected chi connectivity index (χ0v) is 26.5. The van der Waals surface area contributed by atoms with Crippen molar-refractivity contribution in [2.75, 3.05) is 6.54 Å². The average molecular weight is 594 g/mol. The zero-order chi connectivity index (χ0) is 31.5. The molecule has 41 heavy (non-hydrogen) atoms. The lowest BCUT2D eigenvalue weighted by molar-refractivity contribution is -0.136. The van der Waals surface area contributed by atoms with Gasteiger partial charge in [-0.3, -0.25) is 9.59 Å². The molecule has 3 atom stereocenters. The third-order valence-corrected chi connectivity index (χ3v) is 7.19. The second-order valence-corrected chi connectivity index (χ2v) is 11.3. The van der Waals surface area contributed by atoms with Crippen LogP contribution in [0.5, 0.6) is 0 Å². The number of carbonyl (C=O) groups is 2. The van der Waals surface area contributed by atoms with E-state index in [1.54, 1.807) is 12.1 Å². The molecule has 0 radical (unpaired) electrons. The third-order valence-electron chi connectivity index (χ3n) is 6.01. The van der Waals surface area contributed by atoms with E-state index in [0.29, 0.717) is 16.6 Å². The Hall–Kier alpha value is -3.00. The van der Waals surface area contributed by atoms with Gasteiger partial charge in [0.2, 0.25) is 6.43 Å².